The fraction of sp³-hybridized carbons (Fsp3) is 0. The molecule has 0 amide bonds. The molecular weight excluding hydrogens is 707 g/mol. The van der Waals surface area contributed by atoms with Gasteiger partial charge in [-0.05, 0) is 103 Å². The fourth-order valence-electron chi connectivity index (χ4n) is 5.24. The van der Waals surface area contributed by atoms with Crippen LogP contribution in [0.2, 0.25) is 10.0 Å². The van der Waals surface area contributed by atoms with Crippen molar-refractivity contribution < 1.29 is 13.2 Å². The van der Waals surface area contributed by atoms with Gasteiger partial charge in [0.15, 0.2) is 17.3 Å². The van der Waals surface area contributed by atoms with Gasteiger partial charge >= 0.3 is 0 Å². The summed E-state index contributed by atoms with van der Waals surface area (Å²) in [4.78, 5) is 18.4. The van der Waals surface area contributed by atoms with E-state index in [9.17, 15) is 8.78 Å². The van der Waals surface area contributed by atoms with Crippen molar-refractivity contribution in [3.05, 3.63) is 149 Å². The Labute approximate surface area is 304 Å². The van der Waals surface area contributed by atoms with Crippen LogP contribution in [0.4, 0.5) is 32.1 Å². The van der Waals surface area contributed by atoms with Crippen LogP contribution in [0, 0.1) is 11.6 Å². The summed E-state index contributed by atoms with van der Waals surface area (Å²) in [5.41, 5.74) is 5.09. The molecule has 0 saturated carbocycles. The molecule has 254 valence electrons. The summed E-state index contributed by atoms with van der Waals surface area (Å²) in [6.07, 6.45) is 1.67. The Morgan fingerprint density at radius 3 is 1.77 bits per heavy atom. The van der Waals surface area contributed by atoms with Gasteiger partial charge in [-0.3, -0.25) is 0 Å². The predicted octanol–water partition coefficient (Wildman–Crippen LogP) is 10.2. The topological polar surface area (TPSA) is 119 Å². The third-order valence-corrected chi connectivity index (χ3v) is 8.27. The minimum absolute atomic E-state index is 0.162. The second-order valence-electron chi connectivity index (χ2n) is 11.4. The lowest BCUT2D eigenvalue weighted by Gasteiger charge is -2.09. The number of aromatic nitrogens is 7. The van der Waals surface area contributed by atoms with Gasteiger partial charge in [0.2, 0.25) is 17.8 Å². The second-order valence-corrected chi connectivity index (χ2v) is 12.3. The molecule has 14 heteroatoms. The fourth-order valence-corrected chi connectivity index (χ4v) is 5.50. The van der Waals surface area contributed by atoms with E-state index in [1.807, 2.05) is 48.5 Å². The third-order valence-electron chi connectivity index (χ3n) is 7.77. The van der Waals surface area contributed by atoms with E-state index in [2.05, 4.69) is 35.9 Å². The zero-order valence-corrected chi connectivity index (χ0v) is 28.2. The van der Waals surface area contributed by atoms with Crippen molar-refractivity contribution in [2.75, 3.05) is 10.6 Å². The lowest BCUT2D eigenvalue weighted by atomic mass is 10.1. The van der Waals surface area contributed by atoms with E-state index in [-0.39, 0.29) is 29.4 Å². The maximum absolute atomic E-state index is 13.6. The van der Waals surface area contributed by atoms with Gasteiger partial charge in [-0.25, -0.2) is 18.4 Å². The van der Waals surface area contributed by atoms with Crippen LogP contribution in [0.25, 0.3) is 51.2 Å². The standard InChI is InChI=1S/C38H23Cl2F2N9O/c39-25-8-4-22(5-9-25)33-34(23-6-10-26(40)11-7-23)52-36(45-33)24-2-1-3-31(20-24)51-21-32(49-50-51)35-46-37(43-29-16-12-27(41)13-17-29)48-38(47-35)44-30-18-14-28(42)15-19-30/h1-21H,(H2,43,44,46,47,48). The SMILES string of the molecule is Fc1ccc(Nc2nc(Nc3ccc(F)cc3)nc(-c3cn(-c4cccc(-c5nc(-c6ccc(Cl)cc6)c(-c6ccc(Cl)cc6)o5)c4)nn3)n2)cc1. The van der Waals surface area contributed by atoms with E-state index in [1.165, 1.54) is 24.3 Å². The number of benzene rings is 5. The van der Waals surface area contributed by atoms with E-state index in [0.717, 1.165) is 11.1 Å². The Balaban J connectivity index is 1.13. The lowest BCUT2D eigenvalue weighted by Crippen LogP contribution is -2.05. The van der Waals surface area contributed by atoms with Gasteiger partial charge in [0, 0.05) is 38.1 Å². The molecule has 52 heavy (non-hydrogen) atoms. The van der Waals surface area contributed by atoms with Crippen LogP contribution in [0.15, 0.2) is 132 Å². The molecule has 3 heterocycles. The molecule has 0 radical (unpaired) electrons. The largest absolute Gasteiger partial charge is 0.435 e. The van der Waals surface area contributed by atoms with Crippen molar-refractivity contribution in [2.45, 2.75) is 0 Å². The molecule has 2 N–H and O–H groups in total. The Hall–Kier alpha value is -6.50. The maximum atomic E-state index is 13.6. The van der Waals surface area contributed by atoms with Crippen LogP contribution in [-0.4, -0.2) is 34.9 Å². The normalized spacial score (nSPS) is 11.1. The molecule has 10 nitrogen and oxygen atoms in total. The molecule has 0 unspecified atom stereocenters. The van der Waals surface area contributed by atoms with Crippen molar-refractivity contribution >= 4 is 46.5 Å². The molecule has 0 aliphatic carbocycles. The van der Waals surface area contributed by atoms with Crippen molar-refractivity contribution in [2.24, 2.45) is 0 Å². The summed E-state index contributed by atoms with van der Waals surface area (Å²) in [6.45, 7) is 0. The van der Waals surface area contributed by atoms with Crippen LogP contribution in [0.1, 0.15) is 0 Å². The molecule has 0 saturated heterocycles. The molecule has 0 spiro atoms. The lowest BCUT2D eigenvalue weighted by molar-refractivity contribution is 0.589. The number of oxazole rings is 1. The molecule has 0 aliphatic heterocycles. The number of hydrogen-bond acceptors (Lipinski definition) is 9. The van der Waals surface area contributed by atoms with Gasteiger partial charge in [-0.1, -0.05) is 46.6 Å². The highest BCUT2D eigenvalue weighted by Gasteiger charge is 2.20. The molecule has 0 fully saturated rings. The first-order valence-electron chi connectivity index (χ1n) is 15.7. The molecule has 0 atom stereocenters. The first-order chi connectivity index (χ1) is 25.3. The smallest absolute Gasteiger partial charge is 0.232 e. The minimum atomic E-state index is -0.381. The number of hydrogen-bond donors (Lipinski definition) is 2. The molecule has 5 aromatic carbocycles. The molecule has 3 aromatic heterocycles. The first kappa shape index (κ1) is 32.7. The molecule has 0 aliphatic rings. The summed E-state index contributed by atoms with van der Waals surface area (Å²) in [5, 5.41) is 16.0. The van der Waals surface area contributed by atoms with Gasteiger partial charge in [-0.15, -0.1) is 5.10 Å². The number of nitrogens with zero attached hydrogens (tertiary/aromatic N) is 7. The zero-order chi connectivity index (χ0) is 35.6. The van der Waals surface area contributed by atoms with Gasteiger partial charge in [-0.2, -0.15) is 15.0 Å². The van der Waals surface area contributed by atoms with E-state index in [0.29, 0.717) is 55.7 Å². The van der Waals surface area contributed by atoms with Crippen molar-refractivity contribution in [1.29, 1.82) is 0 Å². The maximum Gasteiger partial charge on any atom is 0.232 e. The van der Waals surface area contributed by atoms with Crippen molar-refractivity contribution in [1.82, 2.24) is 34.9 Å². The Morgan fingerprint density at radius 1 is 0.596 bits per heavy atom. The average molecular weight is 731 g/mol. The second kappa shape index (κ2) is 14.0. The van der Waals surface area contributed by atoms with Crippen molar-refractivity contribution in [3.63, 3.8) is 0 Å². The highest BCUT2D eigenvalue weighted by Crippen LogP contribution is 2.37. The van der Waals surface area contributed by atoms with Gasteiger partial charge in [0.25, 0.3) is 0 Å². The van der Waals surface area contributed by atoms with Gasteiger partial charge < -0.3 is 15.1 Å². The minimum Gasteiger partial charge on any atom is -0.435 e. The Morgan fingerprint density at radius 2 is 1.17 bits per heavy atom. The van der Waals surface area contributed by atoms with Gasteiger partial charge in [0.1, 0.15) is 17.3 Å². The summed E-state index contributed by atoms with van der Waals surface area (Å²) in [7, 11) is 0. The molecule has 8 rings (SSSR count). The Bertz CT molecular complexity index is 2380. The monoisotopic (exact) mass is 729 g/mol. The molecular formula is C38H23Cl2F2N9O. The highest BCUT2D eigenvalue weighted by atomic mass is 35.5. The highest BCUT2D eigenvalue weighted by molar-refractivity contribution is 6.31. The summed E-state index contributed by atoms with van der Waals surface area (Å²) < 4.78 is 35.1. The molecule has 0 bridgehead atoms. The quantitative estimate of drug-likeness (QED) is 0.150. The van der Waals surface area contributed by atoms with Crippen LogP contribution in [-0.2, 0) is 0 Å². The van der Waals surface area contributed by atoms with Crippen LogP contribution in [0.5, 0.6) is 0 Å². The van der Waals surface area contributed by atoms with Crippen LogP contribution in [0.3, 0.4) is 0 Å². The number of halogens is 4. The number of rotatable bonds is 9. The Kier molecular flexibility index (Phi) is 8.81. The van der Waals surface area contributed by atoms with E-state index >= 15 is 0 Å². The summed E-state index contributed by atoms with van der Waals surface area (Å²) in [6, 6.07) is 33.7. The first-order valence-corrected chi connectivity index (χ1v) is 16.5. The number of nitrogens with one attached hydrogen (secondary N) is 2. The average Bonchev–Trinajstić information content (AvgIpc) is 3.84. The van der Waals surface area contributed by atoms with E-state index in [1.54, 1.807) is 59.4 Å². The molecule has 8 aromatic rings. The van der Waals surface area contributed by atoms with E-state index < -0.39 is 0 Å². The van der Waals surface area contributed by atoms with Crippen LogP contribution >= 0.6 is 23.2 Å². The van der Waals surface area contributed by atoms with Gasteiger partial charge in [0.05, 0.1) is 11.9 Å². The zero-order valence-electron chi connectivity index (χ0n) is 26.7. The summed E-state index contributed by atoms with van der Waals surface area (Å²) >= 11 is 12.3. The van der Waals surface area contributed by atoms with Crippen molar-refractivity contribution in [3.8, 4) is 51.2 Å². The van der Waals surface area contributed by atoms with Crippen LogP contribution < -0.4 is 10.6 Å². The number of anilines is 4. The predicted molar refractivity (Wildman–Crippen MR) is 196 cm³/mol. The summed E-state index contributed by atoms with van der Waals surface area (Å²) in [5.74, 6) is 0.722. The third kappa shape index (κ3) is 7.20. The van der Waals surface area contributed by atoms with E-state index in [4.69, 9.17) is 32.6 Å².